The van der Waals surface area contributed by atoms with E-state index in [4.69, 9.17) is 9.47 Å². The minimum Gasteiger partial charge on any atom is -0.462 e. The van der Waals surface area contributed by atoms with Crippen LogP contribution in [0.15, 0.2) is 49.1 Å². The van der Waals surface area contributed by atoms with Gasteiger partial charge in [0.15, 0.2) is 0 Å². The minimum atomic E-state index is -0.427. The average Bonchev–Trinajstić information content (AvgIpc) is 3.34. The average molecular weight is 368 g/mol. The van der Waals surface area contributed by atoms with E-state index in [9.17, 15) is 9.59 Å². The highest BCUT2D eigenvalue weighted by molar-refractivity contribution is 5.89. The van der Waals surface area contributed by atoms with Crippen LogP contribution in [-0.2, 0) is 16.0 Å². The maximum Gasteiger partial charge on any atom is 0.341 e. The van der Waals surface area contributed by atoms with Crippen molar-refractivity contribution in [2.45, 2.75) is 26.5 Å². The predicted octanol–water partition coefficient (Wildman–Crippen LogP) is 2.75. The third-order valence-electron chi connectivity index (χ3n) is 3.96. The Morgan fingerprint density at radius 2 is 1.93 bits per heavy atom. The molecule has 8 nitrogen and oxygen atoms in total. The first-order valence-corrected chi connectivity index (χ1v) is 8.55. The molecule has 0 saturated carbocycles. The molecule has 0 saturated heterocycles. The number of rotatable bonds is 7. The minimum absolute atomic E-state index is 0.328. The topological polar surface area (TPSA) is 99.1 Å². The summed E-state index contributed by atoms with van der Waals surface area (Å²) >= 11 is 0. The molecule has 2 heterocycles. The largest absolute Gasteiger partial charge is 0.462 e. The Balaban J connectivity index is 1.60. The Labute approximate surface area is 156 Å². The van der Waals surface area contributed by atoms with Crippen LogP contribution in [0.1, 0.15) is 51.8 Å². The molecule has 0 bridgehead atoms. The van der Waals surface area contributed by atoms with Gasteiger partial charge >= 0.3 is 11.9 Å². The van der Waals surface area contributed by atoms with Crippen LogP contribution in [-0.4, -0.2) is 38.5 Å². The zero-order chi connectivity index (χ0) is 19.2. The number of esters is 2. The number of aromatic amines is 1. The number of H-pyrrole nitrogens is 1. The molecule has 8 heteroatoms. The monoisotopic (exact) mass is 368 g/mol. The van der Waals surface area contributed by atoms with Gasteiger partial charge in [-0.05, 0) is 25.0 Å². The Morgan fingerprint density at radius 3 is 2.59 bits per heavy atom. The van der Waals surface area contributed by atoms with Crippen molar-refractivity contribution in [3.8, 4) is 0 Å². The van der Waals surface area contributed by atoms with E-state index >= 15 is 0 Å². The quantitative estimate of drug-likeness (QED) is 0.644. The number of ether oxygens (including phenoxy) is 2. The lowest BCUT2D eigenvalue weighted by atomic mass is 10.1. The fourth-order valence-electron chi connectivity index (χ4n) is 2.51. The number of carbonyl (C=O) groups is 2. The smallest absolute Gasteiger partial charge is 0.341 e. The maximum atomic E-state index is 12.0. The number of carbonyl (C=O) groups excluding carboxylic acids is 2. The van der Waals surface area contributed by atoms with Crippen molar-refractivity contribution in [3.63, 3.8) is 0 Å². The third-order valence-corrected chi connectivity index (χ3v) is 3.96. The Morgan fingerprint density at radius 1 is 1.15 bits per heavy atom. The summed E-state index contributed by atoms with van der Waals surface area (Å²) in [5.74, 6) is -0.810. The second-order valence-electron chi connectivity index (χ2n) is 5.92. The summed E-state index contributed by atoms with van der Waals surface area (Å²) in [7, 11) is 0. The van der Waals surface area contributed by atoms with E-state index in [-0.39, 0.29) is 12.1 Å². The molecule has 0 radical (unpaired) electrons. The van der Waals surface area contributed by atoms with Gasteiger partial charge in [0.2, 0.25) is 0 Å². The van der Waals surface area contributed by atoms with Gasteiger partial charge in [-0.1, -0.05) is 24.3 Å². The molecule has 3 rings (SSSR count). The number of benzene rings is 1. The van der Waals surface area contributed by atoms with Crippen molar-refractivity contribution < 1.29 is 19.1 Å². The van der Waals surface area contributed by atoms with Crippen molar-refractivity contribution >= 4 is 11.9 Å². The highest BCUT2D eigenvalue weighted by Crippen LogP contribution is 2.19. The molecule has 27 heavy (non-hydrogen) atoms. The first kappa shape index (κ1) is 18.4. The van der Waals surface area contributed by atoms with Gasteiger partial charge in [0.05, 0.1) is 36.7 Å². The van der Waals surface area contributed by atoms with Crippen LogP contribution in [0.4, 0.5) is 0 Å². The van der Waals surface area contributed by atoms with Gasteiger partial charge in [0.25, 0.3) is 0 Å². The third kappa shape index (κ3) is 4.60. The van der Waals surface area contributed by atoms with Crippen molar-refractivity contribution in [3.05, 3.63) is 71.3 Å². The summed E-state index contributed by atoms with van der Waals surface area (Å²) in [5.41, 5.74) is 2.69. The standard InChI is InChI=1S/C19H20N4O4/c1-3-26-18(24)17-10-22-23(12-17)11-14-4-6-15(7-5-14)13(2)27-19(25)16-8-20-21-9-16/h4-10,12-13H,3,11H2,1-2H3,(H,20,21). The van der Waals surface area contributed by atoms with Crippen LogP contribution in [0.25, 0.3) is 0 Å². The molecule has 0 aliphatic rings. The van der Waals surface area contributed by atoms with Gasteiger partial charge in [0, 0.05) is 12.4 Å². The van der Waals surface area contributed by atoms with E-state index < -0.39 is 5.97 Å². The molecule has 0 spiro atoms. The second-order valence-corrected chi connectivity index (χ2v) is 5.92. The first-order valence-electron chi connectivity index (χ1n) is 8.55. The molecule has 1 N–H and O–H groups in total. The fraction of sp³-hybridized carbons (Fsp3) is 0.263. The van der Waals surface area contributed by atoms with Crippen molar-refractivity contribution in [1.29, 1.82) is 0 Å². The number of nitrogens with zero attached hydrogens (tertiary/aromatic N) is 3. The molecule has 1 atom stereocenters. The zero-order valence-electron chi connectivity index (χ0n) is 15.1. The molecular weight excluding hydrogens is 348 g/mol. The van der Waals surface area contributed by atoms with Gasteiger partial charge in [-0.25, -0.2) is 9.59 Å². The fourth-order valence-corrected chi connectivity index (χ4v) is 2.51. The Kier molecular flexibility index (Phi) is 5.65. The van der Waals surface area contributed by atoms with Gasteiger partial charge in [0.1, 0.15) is 6.10 Å². The van der Waals surface area contributed by atoms with E-state index in [2.05, 4.69) is 15.3 Å². The predicted molar refractivity (Wildman–Crippen MR) is 96.1 cm³/mol. The van der Waals surface area contributed by atoms with Crippen molar-refractivity contribution in [2.24, 2.45) is 0 Å². The lowest BCUT2D eigenvalue weighted by molar-refractivity contribution is 0.0337. The van der Waals surface area contributed by atoms with Crippen molar-refractivity contribution in [2.75, 3.05) is 6.61 Å². The second kappa shape index (κ2) is 8.31. The van der Waals surface area contributed by atoms with E-state index in [0.29, 0.717) is 24.3 Å². The molecule has 3 aromatic rings. The summed E-state index contributed by atoms with van der Waals surface area (Å²) in [6, 6.07) is 7.67. The number of hydrogen-bond acceptors (Lipinski definition) is 6. The molecule has 0 fully saturated rings. The molecule has 0 aliphatic heterocycles. The van der Waals surface area contributed by atoms with Crippen LogP contribution in [0.5, 0.6) is 0 Å². The van der Waals surface area contributed by atoms with Crippen molar-refractivity contribution in [1.82, 2.24) is 20.0 Å². The van der Waals surface area contributed by atoms with E-state index in [1.807, 2.05) is 31.2 Å². The van der Waals surface area contributed by atoms with E-state index in [1.165, 1.54) is 18.6 Å². The number of aromatic nitrogens is 4. The summed E-state index contributed by atoms with van der Waals surface area (Å²) < 4.78 is 12.0. The first-order chi connectivity index (χ1) is 13.1. The van der Waals surface area contributed by atoms with Gasteiger partial charge in [-0.15, -0.1) is 0 Å². The van der Waals surface area contributed by atoms with Crippen LogP contribution in [0.2, 0.25) is 0 Å². The molecular formula is C19H20N4O4. The summed E-state index contributed by atoms with van der Waals surface area (Å²) in [4.78, 5) is 23.7. The van der Waals surface area contributed by atoms with Gasteiger partial charge in [-0.2, -0.15) is 10.2 Å². The highest BCUT2D eigenvalue weighted by Gasteiger charge is 2.15. The molecule has 1 unspecified atom stereocenters. The lowest BCUT2D eigenvalue weighted by Gasteiger charge is -2.13. The normalized spacial score (nSPS) is 11.8. The molecule has 0 amide bonds. The van der Waals surface area contributed by atoms with E-state index in [1.54, 1.807) is 17.8 Å². The number of hydrogen-bond donors (Lipinski definition) is 1. The highest BCUT2D eigenvalue weighted by atomic mass is 16.5. The Bertz CT molecular complexity index is 900. The number of nitrogens with one attached hydrogen (secondary N) is 1. The van der Waals surface area contributed by atoms with Gasteiger partial charge < -0.3 is 9.47 Å². The van der Waals surface area contributed by atoms with Crippen LogP contribution in [0, 0.1) is 0 Å². The zero-order valence-corrected chi connectivity index (χ0v) is 15.1. The van der Waals surface area contributed by atoms with Crippen LogP contribution >= 0.6 is 0 Å². The molecule has 0 aliphatic carbocycles. The van der Waals surface area contributed by atoms with E-state index in [0.717, 1.165) is 11.1 Å². The summed E-state index contributed by atoms with van der Waals surface area (Å²) in [6.07, 6.45) is 5.67. The van der Waals surface area contributed by atoms with Crippen LogP contribution in [0.3, 0.4) is 0 Å². The SMILES string of the molecule is CCOC(=O)c1cnn(Cc2ccc(C(C)OC(=O)c3cn[nH]c3)cc2)c1. The molecule has 140 valence electrons. The molecule has 1 aromatic carbocycles. The molecule has 2 aromatic heterocycles. The Hall–Kier alpha value is -3.42. The van der Waals surface area contributed by atoms with Crippen LogP contribution < -0.4 is 0 Å². The lowest BCUT2D eigenvalue weighted by Crippen LogP contribution is -2.09. The summed E-state index contributed by atoms with van der Waals surface area (Å²) in [5, 5.41) is 10.5. The van der Waals surface area contributed by atoms with Gasteiger partial charge in [-0.3, -0.25) is 9.78 Å². The summed E-state index contributed by atoms with van der Waals surface area (Å²) in [6.45, 7) is 4.42. The maximum absolute atomic E-state index is 12.0.